The minimum atomic E-state index is -1.21. The van der Waals surface area contributed by atoms with Crippen molar-refractivity contribution in [1.82, 2.24) is 0 Å². The number of hydrogen-bond donors (Lipinski definition) is 2. The fourth-order valence-corrected chi connectivity index (χ4v) is 1.21. The maximum atomic E-state index is 8.99. The minimum absolute atomic E-state index is 0.180. The molecule has 4 nitrogen and oxygen atoms in total. The molecule has 0 aromatic carbocycles. The van der Waals surface area contributed by atoms with Gasteiger partial charge < -0.3 is 19.7 Å². The molecule has 1 fully saturated rings. The number of aliphatic hydroxyl groups excluding tert-OH is 2. The van der Waals surface area contributed by atoms with Gasteiger partial charge in [-0.3, -0.25) is 0 Å². The Kier molecular flexibility index (Phi) is 2.73. The van der Waals surface area contributed by atoms with Crippen molar-refractivity contribution in [2.75, 3.05) is 20.3 Å². The number of rotatable bonds is 3. The smallest absolute Gasteiger partial charge is 0.158 e. The van der Waals surface area contributed by atoms with Gasteiger partial charge >= 0.3 is 0 Å². The van der Waals surface area contributed by atoms with Gasteiger partial charge in [0.1, 0.15) is 0 Å². The van der Waals surface area contributed by atoms with Crippen LogP contribution in [0.5, 0.6) is 0 Å². The number of methoxy groups -OCH3 is 1. The van der Waals surface area contributed by atoms with E-state index in [1.54, 1.807) is 0 Å². The Labute approximate surface area is 67.1 Å². The van der Waals surface area contributed by atoms with Gasteiger partial charge in [-0.05, 0) is 0 Å². The van der Waals surface area contributed by atoms with Crippen LogP contribution in [0.15, 0.2) is 0 Å². The second-order valence-corrected chi connectivity index (χ2v) is 2.57. The summed E-state index contributed by atoms with van der Waals surface area (Å²) in [5.41, 5.74) is 0. The van der Waals surface area contributed by atoms with Crippen LogP contribution >= 0.6 is 0 Å². The Balaban J connectivity index is 2.50. The summed E-state index contributed by atoms with van der Waals surface area (Å²) in [4.78, 5) is 0. The Morgan fingerprint density at radius 2 is 2.45 bits per heavy atom. The van der Waals surface area contributed by atoms with E-state index in [4.69, 9.17) is 21.1 Å². The van der Waals surface area contributed by atoms with Gasteiger partial charge in [0, 0.05) is 26.0 Å². The first-order chi connectivity index (χ1) is 5.69. The lowest BCUT2D eigenvalue weighted by Gasteiger charge is -2.12. The van der Waals surface area contributed by atoms with Crippen LogP contribution in [0.2, 0.25) is 0 Å². The highest BCUT2D eigenvalue weighted by atomic mass is 16.7. The van der Waals surface area contributed by atoms with Gasteiger partial charge in [0.05, 0.1) is 14.1 Å². The predicted molar refractivity (Wildman–Crippen MR) is 37.9 cm³/mol. The molecule has 4 heteroatoms. The van der Waals surface area contributed by atoms with E-state index in [-0.39, 0.29) is 12.5 Å². The number of ether oxygens (including phenoxy) is 2. The lowest BCUT2D eigenvalue weighted by atomic mass is 10.0. The van der Waals surface area contributed by atoms with Crippen molar-refractivity contribution in [3.8, 4) is 0 Å². The summed E-state index contributed by atoms with van der Waals surface area (Å²) in [6.07, 6.45) is -0.401. The molecule has 2 N–H and O–H groups in total. The van der Waals surface area contributed by atoms with E-state index < -0.39 is 19.0 Å². The molecule has 11 heavy (non-hydrogen) atoms. The van der Waals surface area contributed by atoms with E-state index in [9.17, 15) is 0 Å². The highest BCUT2D eigenvalue weighted by Crippen LogP contribution is 2.25. The van der Waals surface area contributed by atoms with Crippen molar-refractivity contribution < 1.29 is 21.1 Å². The van der Waals surface area contributed by atoms with Crippen molar-refractivity contribution in [2.24, 2.45) is 5.92 Å². The maximum Gasteiger partial charge on any atom is 0.158 e. The third-order valence-corrected chi connectivity index (χ3v) is 1.90. The van der Waals surface area contributed by atoms with Crippen molar-refractivity contribution in [3.05, 3.63) is 0 Å². The first-order valence-corrected chi connectivity index (χ1v) is 3.58. The normalized spacial score (nSPS) is 42.1. The molecule has 66 valence electrons. The largest absolute Gasteiger partial charge is 0.396 e. The fourth-order valence-electron chi connectivity index (χ4n) is 1.21. The van der Waals surface area contributed by atoms with Crippen LogP contribution in [0, 0.1) is 5.92 Å². The molecule has 4 atom stereocenters. The molecule has 0 aliphatic carbocycles. The molecule has 2 unspecified atom stereocenters. The first kappa shape index (κ1) is 7.49. The lowest BCUT2D eigenvalue weighted by Crippen LogP contribution is -2.23. The molecular weight excluding hydrogens is 148 g/mol. The van der Waals surface area contributed by atoms with E-state index in [1.807, 2.05) is 0 Å². The molecule has 1 saturated heterocycles. The zero-order chi connectivity index (χ0) is 9.14. The number of aliphatic hydroxyl groups is 2. The van der Waals surface area contributed by atoms with Gasteiger partial charge in [0.15, 0.2) is 6.29 Å². The molecule has 1 aliphatic rings. The van der Waals surface area contributed by atoms with Crippen molar-refractivity contribution in [2.45, 2.75) is 18.8 Å². The van der Waals surface area contributed by atoms with Gasteiger partial charge in [-0.2, -0.15) is 0 Å². The van der Waals surface area contributed by atoms with Crippen molar-refractivity contribution in [3.63, 3.8) is 0 Å². The third-order valence-electron chi connectivity index (χ3n) is 1.90. The molecule has 0 aromatic rings. The fraction of sp³-hybridized carbons (Fsp3) is 1.00. The van der Waals surface area contributed by atoms with Crippen LogP contribution in [0.3, 0.4) is 0 Å². The van der Waals surface area contributed by atoms with Crippen LogP contribution in [0.1, 0.15) is 7.79 Å². The highest BCUT2D eigenvalue weighted by molar-refractivity contribution is 4.77. The molecule has 0 amide bonds. The van der Waals surface area contributed by atoms with Gasteiger partial charge in [-0.1, -0.05) is 0 Å². The second kappa shape index (κ2) is 4.01. The molecule has 1 heterocycles. The second-order valence-electron chi connectivity index (χ2n) is 2.57. The van der Waals surface area contributed by atoms with Gasteiger partial charge in [0.2, 0.25) is 0 Å². The molecule has 1 rings (SSSR count). The van der Waals surface area contributed by atoms with Crippen molar-refractivity contribution >= 4 is 0 Å². The first-order valence-electron chi connectivity index (χ1n) is 4.16. The number of hydrogen-bond acceptors (Lipinski definition) is 4. The Morgan fingerprint density at radius 3 is 2.82 bits per heavy atom. The van der Waals surface area contributed by atoms with Crippen LogP contribution in [-0.2, 0) is 9.47 Å². The maximum absolute atomic E-state index is 8.99. The monoisotopic (exact) mass is 163 g/mol. The minimum Gasteiger partial charge on any atom is -0.396 e. The third kappa shape index (κ3) is 1.90. The van der Waals surface area contributed by atoms with Crippen LogP contribution in [-0.4, -0.2) is 42.9 Å². The predicted octanol–water partition coefficient (Wildman–Crippen LogP) is -0.651. The summed E-state index contributed by atoms with van der Waals surface area (Å²) in [6, 6.07) is 0. The van der Waals surface area contributed by atoms with E-state index >= 15 is 0 Å². The van der Waals surface area contributed by atoms with E-state index in [0.717, 1.165) is 0 Å². The standard InChI is InChI=1S/C7H14O4/c1-10-7-2-5(3-8)6(4-9)11-7/h5-9H,2-4H2,1H3/t5-,6-,7?/m1/s1/i3D/t3?,5-,6-,7?. The molecular formula is C7H14O4. The Bertz CT molecular complexity index is 141. The molecule has 0 bridgehead atoms. The Morgan fingerprint density at radius 1 is 1.73 bits per heavy atom. The van der Waals surface area contributed by atoms with Gasteiger partial charge in [-0.15, -0.1) is 0 Å². The summed E-state index contributed by atoms with van der Waals surface area (Å²) in [6.45, 7) is -1.39. The van der Waals surface area contributed by atoms with Crippen LogP contribution in [0.25, 0.3) is 0 Å². The van der Waals surface area contributed by atoms with Gasteiger partial charge in [0.25, 0.3) is 0 Å². The van der Waals surface area contributed by atoms with E-state index in [2.05, 4.69) is 0 Å². The summed E-state index contributed by atoms with van der Waals surface area (Å²) in [7, 11) is 1.50. The van der Waals surface area contributed by atoms with E-state index in [0.29, 0.717) is 6.42 Å². The van der Waals surface area contributed by atoms with Gasteiger partial charge in [-0.25, -0.2) is 0 Å². The van der Waals surface area contributed by atoms with E-state index in [1.165, 1.54) is 7.11 Å². The zero-order valence-corrected chi connectivity index (χ0v) is 6.43. The van der Waals surface area contributed by atoms with Crippen LogP contribution in [0.4, 0.5) is 0 Å². The quantitative estimate of drug-likeness (QED) is 0.580. The summed E-state index contributed by atoms with van der Waals surface area (Å²) >= 11 is 0. The molecule has 0 saturated carbocycles. The molecule has 0 spiro atoms. The summed E-state index contributed by atoms with van der Waals surface area (Å²) in [5.74, 6) is -0.347. The lowest BCUT2D eigenvalue weighted by molar-refractivity contribution is -0.125. The molecule has 1 aliphatic heterocycles. The summed E-state index contributed by atoms with van der Waals surface area (Å²) in [5, 5.41) is 17.8. The molecule has 0 aromatic heterocycles. The summed E-state index contributed by atoms with van der Waals surface area (Å²) < 4.78 is 17.2. The Hall–Kier alpha value is -0.160. The average Bonchev–Trinajstić information content (AvgIpc) is 2.47. The highest BCUT2D eigenvalue weighted by Gasteiger charge is 2.33. The SMILES string of the molecule is [2H]C(O)[C@H]1CC(OC)O[C@@H]1CO. The van der Waals surface area contributed by atoms with Crippen LogP contribution < -0.4 is 0 Å². The average molecular weight is 163 g/mol. The molecule has 0 radical (unpaired) electrons. The topological polar surface area (TPSA) is 58.9 Å². The van der Waals surface area contributed by atoms with Crippen molar-refractivity contribution in [1.29, 1.82) is 0 Å². The zero-order valence-electron chi connectivity index (χ0n) is 7.43.